The monoisotopic (exact) mass is 450 g/mol. The van der Waals surface area contributed by atoms with Gasteiger partial charge in [-0.15, -0.1) is 0 Å². The van der Waals surface area contributed by atoms with Crippen molar-refractivity contribution < 1.29 is 14.3 Å². The maximum atomic E-state index is 15.1. The summed E-state index contributed by atoms with van der Waals surface area (Å²) in [6.45, 7) is 2.24. The number of carbonyl (C=O) groups is 1. The summed E-state index contributed by atoms with van der Waals surface area (Å²) >= 11 is 0. The van der Waals surface area contributed by atoms with Gasteiger partial charge in [0.2, 0.25) is 5.43 Å². The second-order valence-electron chi connectivity index (χ2n) is 9.04. The molecule has 33 heavy (non-hydrogen) atoms. The molecule has 2 aromatic carbocycles. The topological polar surface area (TPSA) is 109 Å². The van der Waals surface area contributed by atoms with Crippen molar-refractivity contribution in [2.75, 3.05) is 11.1 Å². The minimum absolute atomic E-state index is 0.0892. The van der Waals surface area contributed by atoms with Gasteiger partial charge in [0.15, 0.2) is 5.82 Å². The largest absolute Gasteiger partial charge is 0.477 e. The van der Waals surface area contributed by atoms with Crippen molar-refractivity contribution in [3.8, 4) is 0 Å². The van der Waals surface area contributed by atoms with Crippen molar-refractivity contribution in [3.63, 3.8) is 0 Å². The Labute approximate surface area is 190 Å². The first-order valence-electron chi connectivity index (χ1n) is 11.3. The van der Waals surface area contributed by atoms with Crippen LogP contribution in [0, 0.1) is 5.82 Å². The van der Waals surface area contributed by atoms with Crippen LogP contribution in [0.5, 0.6) is 0 Å². The zero-order valence-electron chi connectivity index (χ0n) is 18.3. The van der Waals surface area contributed by atoms with E-state index in [0.717, 1.165) is 19.3 Å². The van der Waals surface area contributed by atoms with Gasteiger partial charge in [0.1, 0.15) is 5.56 Å². The molecule has 172 valence electrons. The van der Waals surface area contributed by atoms with Gasteiger partial charge in [-0.3, -0.25) is 4.79 Å². The number of hydrogen-bond donors (Lipinski definition) is 4. The van der Waals surface area contributed by atoms with Gasteiger partial charge in [-0.05, 0) is 37.8 Å². The average Bonchev–Trinajstić information content (AvgIpc) is 3.55. The van der Waals surface area contributed by atoms with E-state index < -0.39 is 22.8 Å². The highest BCUT2D eigenvalue weighted by Crippen LogP contribution is 2.42. The lowest BCUT2D eigenvalue weighted by molar-refractivity contribution is 0.0695. The molecule has 7 nitrogen and oxygen atoms in total. The molecule has 0 bridgehead atoms. The number of pyridine rings is 1. The Kier molecular flexibility index (Phi) is 5.32. The van der Waals surface area contributed by atoms with Gasteiger partial charge < -0.3 is 26.0 Å². The number of nitrogens with zero attached hydrogens (tertiary/aromatic N) is 1. The number of carboxylic acids is 1. The molecule has 5 N–H and O–H groups in total. The Hall–Kier alpha value is -3.39. The molecule has 3 aromatic rings. The van der Waals surface area contributed by atoms with Gasteiger partial charge in [0.05, 0.1) is 22.3 Å². The maximum absolute atomic E-state index is 15.1. The van der Waals surface area contributed by atoms with E-state index in [1.165, 1.54) is 11.8 Å². The molecule has 2 atom stereocenters. The highest BCUT2D eigenvalue weighted by molar-refractivity contribution is 5.99. The lowest BCUT2D eigenvalue weighted by Crippen LogP contribution is -2.48. The molecule has 1 heterocycles. The number of nitrogens with one attached hydrogen (secondary N) is 2. The summed E-state index contributed by atoms with van der Waals surface area (Å²) in [7, 11) is 0. The minimum Gasteiger partial charge on any atom is -0.477 e. The van der Waals surface area contributed by atoms with E-state index in [-0.39, 0.29) is 22.8 Å². The molecule has 2 saturated carbocycles. The zero-order chi connectivity index (χ0) is 23.3. The van der Waals surface area contributed by atoms with Crippen LogP contribution in [-0.2, 0) is 6.54 Å². The summed E-state index contributed by atoms with van der Waals surface area (Å²) in [4.78, 5) is 24.1. The Bertz CT molecular complexity index is 1280. The molecular formula is C25H27FN4O3. The van der Waals surface area contributed by atoms with E-state index in [2.05, 4.69) is 34.9 Å². The van der Waals surface area contributed by atoms with Gasteiger partial charge in [0, 0.05) is 36.8 Å². The van der Waals surface area contributed by atoms with Gasteiger partial charge >= 0.3 is 5.97 Å². The van der Waals surface area contributed by atoms with E-state index in [9.17, 15) is 14.7 Å². The van der Waals surface area contributed by atoms with Gasteiger partial charge in [-0.2, -0.15) is 0 Å². The lowest BCUT2D eigenvalue weighted by Gasteiger charge is -2.37. The van der Waals surface area contributed by atoms with Crippen LogP contribution >= 0.6 is 0 Å². The van der Waals surface area contributed by atoms with Crippen LogP contribution < -0.4 is 21.8 Å². The summed E-state index contributed by atoms with van der Waals surface area (Å²) in [5.41, 5.74) is 6.51. The number of aryl methyl sites for hydroxylation is 1. The summed E-state index contributed by atoms with van der Waals surface area (Å²) in [5, 5.41) is 16.2. The third-order valence-corrected chi connectivity index (χ3v) is 6.88. The van der Waals surface area contributed by atoms with E-state index in [1.54, 1.807) is 10.6 Å². The van der Waals surface area contributed by atoms with Crippen LogP contribution in [-0.4, -0.2) is 33.8 Å². The molecule has 2 aliphatic rings. The minimum atomic E-state index is -1.36. The van der Waals surface area contributed by atoms with Crippen LogP contribution in [0.3, 0.4) is 0 Å². The van der Waals surface area contributed by atoms with Crippen molar-refractivity contribution in [2.45, 2.75) is 56.8 Å². The van der Waals surface area contributed by atoms with Crippen molar-refractivity contribution in [1.82, 2.24) is 9.88 Å². The van der Waals surface area contributed by atoms with E-state index in [0.29, 0.717) is 30.1 Å². The van der Waals surface area contributed by atoms with E-state index in [1.807, 2.05) is 13.0 Å². The number of carboxylic acid groups (broad SMARTS) is 1. The first-order chi connectivity index (χ1) is 15.9. The summed E-state index contributed by atoms with van der Waals surface area (Å²) in [6.07, 6.45) is 4.17. The molecule has 2 aliphatic carbocycles. The van der Waals surface area contributed by atoms with Gasteiger partial charge in [-0.25, -0.2) is 9.18 Å². The Morgan fingerprint density at radius 3 is 2.61 bits per heavy atom. The molecule has 0 spiro atoms. The smallest absolute Gasteiger partial charge is 0.341 e. The number of benzene rings is 2. The van der Waals surface area contributed by atoms with E-state index >= 15 is 4.39 Å². The highest BCUT2D eigenvalue weighted by atomic mass is 19.1. The number of fused-ring (bicyclic) bond motifs is 1. The summed E-state index contributed by atoms with van der Waals surface area (Å²) in [5.74, 6) is -1.51. The van der Waals surface area contributed by atoms with Crippen LogP contribution in [0.25, 0.3) is 10.9 Å². The van der Waals surface area contributed by atoms with Crippen molar-refractivity contribution in [2.24, 2.45) is 0 Å². The number of rotatable bonds is 7. The Morgan fingerprint density at radius 1 is 1.21 bits per heavy atom. The first-order valence-corrected chi connectivity index (χ1v) is 11.3. The number of aromatic nitrogens is 1. The maximum Gasteiger partial charge on any atom is 0.341 e. The fourth-order valence-corrected chi connectivity index (χ4v) is 4.91. The predicted octanol–water partition coefficient (Wildman–Crippen LogP) is 3.53. The molecule has 5 rings (SSSR count). The standard InChI is InChI=1S/C25H27FN4O3/c1-2-30-12-17(25(32)33)24(31)21-20(30)11-19(22(26)23(21)27)29-15-8-14(9-15)28-18-10-16(18)13-6-4-3-5-7-13/h3-7,11-12,14-16,18,28-29H,2,8-10,27H2,1H3,(H,32,33)/t14-,15-,16-,18+/m0/s1. The molecule has 0 amide bonds. The fourth-order valence-electron chi connectivity index (χ4n) is 4.91. The molecule has 1 aromatic heterocycles. The fraction of sp³-hybridized carbons (Fsp3) is 0.360. The predicted molar refractivity (Wildman–Crippen MR) is 126 cm³/mol. The number of anilines is 2. The highest BCUT2D eigenvalue weighted by Gasteiger charge is 2.42. The van der Waals surface area contributed by atoms with Gasteiger partial charge in [0.25, 0.3) is 0 Å². The molecule has 0 unspecified atom stereocenters. The Balaban J connectivity index is 1.29. The quantitative estimate of drug-likeness (QED) is 0.410. The van der Waals surface area contributed by atoms with E-state index in [4.69, 9.17) is 5.73 Å². The van der Waals surface area contributed by atoms with Crippen molar-refractivity contribution in [3.05, 3.63) is 69.8 Å². The molecule has 2 fully saturated rings. The molecule has 0 aliphatic heterocycles. The first kappa shape index (κ1) is 21.5. The number of halogens is 1. The SMILES string of the molecule is CCn1cc(C(=O)O)c(=O)c2c(N)c(F)c(N[C@H]3C[C@H](N[C@@H]4C[C@H]4c4ccccc4)C3)cc21. The second-order valence-corrected chi connectivity index (χ2v) is 9.04. The molecule has 0 saturated heterocycles. The number of nitrogen functional groups attached to an aromatic ring is 1. The van der Waals surface area contributed by atoms with Gasteiger partial charge in [-0.1, -0.05) is 30.3 Å². The third kappa shape index (κ3) is 3.84. The molecule has 0 radical (unpaired) electrons. The summed E-state index contributed by atoms with van der Waals surface area (Å²) in [6, 6.07) is 13.0. The van der Waals surface area contributed by atoms with Crippen molar-refractivity contribution in [1.29, 1.82) is 0 Å². The number of hydrogen-bond acceptors (Lipinski definition) is 5. The number of aromatic carboxylic acids is 1. The zero-order valence-corrected chi connectivity index (χ0v) is 18.3. The average molecular weight is 451 g/mol. The normalized spacial score (nSPS) is 23.8. The third-order valence-electron chi connectivity index (χ3n) is 6.88. The summed E-state index contributed by atoms with van der Waals surface area (Å²) < 4.78 is 16.7. The second kappa shape index (κ2) is 8.19. The molecule has 8 heteroatoms. The Morgan fingerprint density at radius 2 is 1.94 bits per heavy atom. The van der Waals surface area contributed by atoms with Crippen LogP contribution in [0.4, 0.5) is 15.8 Å². The van der Waals surface area contributed by atoms with Crippen molar-refractivity contribution >= 4 is 28.2 Å². The lowest BCUT2D eigenvalue weighted by atomic mass is 9.86. The van der Waals surface area contributed by atoms with Crippen LogP contribution in [0.15, 0.2) is 47.4 Å². The molecular weight excluding hydrogens is 423 g/mol. The number of nitrogens with two attached hydrogens (primary N) is 1. The van der Waals surface area contributed by atoms with Crippen LogP contribution in [0.2, 0.25) is 0 Å². The van der Waals surface area contributed by atoms with Crippen LogP contribution in [0.1, 0.15) is 48.0 Å².